The highest BCUT2D eigenvalue weighted by Crippen LogP contribution is 2.07. The lowest BCUT2D eigenvalue weighted by Crippen LogP contribution is -2.07. The Balaban J connectivity index is 3.03. The molecule has 0 N–H and O–H groups in total. The molecule has 1 rings (SSSR count). The molecule has 0 aliphatic carbocycles. The molecule has 78 valence electrons. The molecule has 1 heterocycles. The SMILES string of the molecule is CC#CCc1nc(C(=O)OC)ccc1F. The molecule has 1 aromatic heterocycles. The van der Waals surface area contributed by atoms with Gasteiger partial charge in [-0.2, -0.15) is 0 Å². The van der Waals surface area contributed by atoms with Crippen molar-refractivity contribution in [1.82, 2.24) is 4.98 Å². The highest BCUT2D eigenvalue weighted by Gasteiger charge is 2.10. The maximum absolute atomic E-state index is 13.2. The molecule has 0 amide bonds. The lowest BCUT2D eigenvalue weighted by Gasteiger charge is -2.01. The lowest BCUT2D eigenvalue weighted by molar-refractivity contribution is 0.0593. The molecule has 0 aromatic carbocycles. The molecular formula is C11H10FNO2. The van der Waals surface area contributed by atoms with E-state index in [4.69, 9.17) is 0 Å². The van der Waals surface area contributed by atoms with Crippen molar-refractivity contribution < 1.29 is 13.9 Å². The zero-order chi connectivity index (χ0) is 11.3. The second-order valence-electron chi connectivity index (χ2n) is 2.72. The predicted molar refractivity (Wildman–Crippen MR) is 52.7 cm³/mol. The van der Waals surface area contributed by atoms with Gasteiger partial charge >= 0.3 is 5.97 Å². The summed E-state index contributed by atoms with van der Waals surface area (Å²) in [5.41, 5.74) is 0.249. The van der Waals surface area contributed by atoms with Gasteiger partial charge in [0.05, 0.1) is 19.2 Å². The van der Waals surface area contributed by atoms with Gasteiger partial charge in [-0.15, -0.1) is 5.92 Å². The molecule has 0 saturated carbocycles. The minimum Gasteiger partial charge on any atom is -0.464 e. The van der Waals surface area contributed by atoms with E-state index >= 15 is 0 Å². The van der Waals surface area contributed by atoms with Crippen molar-refractivity contribution in [3.63, 3.8) is 0 Å². The van der Waals surface area contributed by atoms with Gasteiger partial charge in [-0.05, 0) is 19.1 Å². The smallest absolute Gasteiger partial charge is 0.356 e. The zero-order valence-corrected chi connectivity index (χ0v) is 8.50. The third kappa shape index (κ3) is 2.78. The number of pyridine rings is 1. The fourth-order valence-electron chi connectivity index (χ4n) is 0.999. The average molecular weight is 207 g/mol. The van der Waals surface area contributed by atoms with Crippen LogP contribution in [0.15, 0.2) is 12.1 Å². The Kier molecular flexibility index (Phi) is 3.81. The van der Waals surface area contributed by atoms with Crippen LogP contribution in [0.5, 0.6) is 0 Å². The first-order valence-electron chi connectivity index (χ1n) is 4.32. The molecule has 0 aliphatic heterocycles. The van der Waals surface area contributed by atoms with E-state index in [0.29, 0.717) is 0 Å². The summed E-state index contributed by atoms with van der Waals surface area (Å²) < 4.78 is 17.7. The largest absolute Gasteiger partial charge is 0.464 e. The summed E-state index contributed by atoms with van der Waals surface area (Å²) in [7, 11) is 1.25. The summed E-state index contributed by atoms with van der Waals surface area (Å²) in [6.45, 7) is 1.65. The van der Waals surface area contributed by atoms with Crippen molar-refractivity contribution in [2.45, 2.75) is 13.3 Å². The average Bonchev–Trinajstić information content (AvgIpc) is 2.27. The third-order valence-electron chi connectivity index (χ3n) is 1.75. The van der Waals surface area contributed by atoms with Crippen LogP contribution in [0.25, 0.3) is 0 Å². The van der Waals surface area contributed by atoms with E-state index in [9.17, 15) is 9.18 Å². The van der Waals surface area contributed by atoms with E-state index < -0.39 is 11.8 Å². The van der Waals surface area contributed by atoms with E-state index in [1.165, 1.54) is 19.2 Å². The van der Waals surface area contributed by atoms with E-state index in [-0.39, 0.29) is 17.8 Å². The molecule has 0 aliphatic rings. The maximum Gasteiger partial charge on any atom is 0.356 e. The maximum atomic E-state index is 13.2. The molecule has 0 saturated heterocycles. The third-order valence-corrected chi connectivity index (χ3v) is 1.75. The molecule has 0 spiro atoms. The first-order chi connectivity index (χ1) is 7.19. The normalized spacial score (nSPS) is 9.00. The van der Waals surface area contributed by atoms with Crippen LogP contribution in [0.3, 0.4) is 0 Å². The number of hydrogen-bond donors (Lipinski definition) is 0. The molecule has 0 unspecified atom stereocenters. The molecule has 0 radical (unpaired) electrons. The van der Waals surface area contributed by atoms with Gasteiger partial charge in [0, 0.05) is 0 Å². The highest BCUT2D eigenvalue weighted by molar-refractivity contribution is 5.87. The number of carbonyl (C=O) groups excluding carboxylic acids is 1. The molecule has 15 heavy (non-hydrogen) atoms. The van der Waals surface area contributed by atoms with Crippen molar-refractivity contribution in [1.29, 1.82) is 0 Å². The first-order valence-corrected chi connectivity index (χ1v) is 4.32. The summed E-state index contributed by atoms with van der Waals surface area (Å²) in [6.07, 6.45) is 0.188. The van der Waals surface area contributed by atoms with Crippen molar-refractivity contribution in [2.75, 3.05) is 7.11 Å². The Morgan fingerprint density at radius 3 is 2.93 bits per heavy atom. The Hall–Kier alpha value is -1.89. The quantitative estimate of drug-likeness (QED) is 0.546. The van der Waals surface area contributed by atoms with Crippen molar-refractivity contribution in [3.8, 4) is 11.8 Å². The second-order valence-corrected chi connectivity index (χ2v) is 2.72. The van der Waals surface area contributed by atoms with Gasteiger partial charge in [-0.25, -0.2) is 14.2 Å². The van der Waals surface area contributed by atoms with E-state index in [1.807, 2.05) is 0 Å². The number of rotatable bonds is 2. The second kappa shape index (κ2) is 5.11. The van der Waals surface area contributed by atoms with E-state index in [0.717, 1.165) is 0 Å². The molecular weight excluding hydrogens is 197 g/mol. The minimum atomic E-state index is -0.583. The number of carbonyl (C=O) groups is 1. The molecule has 0 fully saturated rings. The molecule has 3 nitrogen and oxygen atoms in total. The first kappa shape index (κ1) is 11.2. The van der Waals surface area contributed by atoms with E-state index in [2.05, 4.69) is 21.6 Å². The molecule has 0 bridgehead atoms. The zero-order valence-electron chi connectivity index (χ0n) is 8.50. The summed E-state index contributed by atoms with van der Waals surface area (Å²) >= 11 is 0. The minimum absolute atomic E-state index is 0.0896. The number of nitrogens with zero attached hydrogens (tertiary/aromatic N) is 1. The fourth-order valence-corrected chi connectivity index (χ4v) is 0.999. The van der Waals surface area contributed by atoms with Gasteiger partial charge in [0.2, 0.25) is 0 Å². The van der Waals surface area contributed by atoms with Crippen LogP contribution in [0.2, 0.25) is 0 Å². The van der Waals surface area contributed by atoms with Crippen LogP contribution < -0.4 is 0 Å². The van der Waals surface area contributed by atoms with Gasteiger partial charge < -0.3 is 4.74 Å². The van der Waals surface area contributed by atoms with Gasteiger partial charge in [-0.3, -0.25) is 0 Å². The monoisotopic (exact) mass is 207 g/mol. The molecule has 0 atom stereocenters. The van der Waals surface area contributed by atoms with E-state index in [1.54, 1.807) is 6.92 Å². The summed E-state index contributed by atoms with van der Waals surface area (Å²) in [5.74, 6) is 4.27. The highest BCUT2D eigenvalue weighted by atomic mass is 19.1. The van der Waals surface area contributed by atoms with Crippen LogP contribution in [-0.4, -0.2) is 18.1 Å². The number of esters is 1. The van der Waals surface area contributed by atoms with Crippen LogP contribution in [0.4, 0.5) is 4.39 Å². The van der Waals surface area contributed by atoms with Crippen LogP contribution in [0.1, 0.15) is 23.1 Å². The van der Waals surface area contributed by atoms with Crippen molar-refractivity contribution in [3.05, 3.63) is 29.3 Å². The Labute approximate surface area is 87.3 Å². The van der Waals surface area contributed by atoms with Crippen LogP contribution >= 0.6 is 0 Å². The Bertz CT molecular complexity index is 432. The fraction of sp³-hybridized carbons (Fsp3) is 0.273. The number of aromatic nitrogens is 1. The molecule has 1 aromatic rings. The summed E-state index contributed by atoms with van der Waals surface area (Å²) in [5, 5.41) is 0. The van der Waals surface area contributed by atoms with Gasteiger partial charge in [0.1, 0.15) is 11.5 Å². The Morgan fingerprint density at radius 1 is 1.60 bits per heavy atom. The summed E-state index contributed by atoms with van der Waals surface area (Å²) in [6, 6.07) is 2.47. The molecule has 4 heteroatoms. The van der Waals surface area contributed by atoms with Crippen molar-refractivity contribution >= 4 is 5.97 Å². The van der Waals surface area contributed by atoms with Gasteiger partial charge in [-0.1, -0.05) is 5.92 Å². The standard InChI is InChI=1S/C11H10FNO2/c1-3-4-5-9-8(12)6-7-10(13-9)11(14)15-2/h6-7H,5H2,1-2H3. The van der Waals surface area contributed by atoms with Gasteiger partial charge in [0.25, 0.3) is 0 Å². The van der Waals surface area contributed by atoms with Crippen LogP contribution in [0, 0.1) is 17.7 Å². The number of methoxy groups -OCH3 is 1. The van der Waals surface area contributed by atoms with Gasteiger partial charge in [0.15, 0.2) is 0 Å². The topological polar surface area (TPSA) is 39.2 Å². The predicted octanol–water partition coefficient (Wildman–Crippen LogP) is 1.57. The number of halogens is 1. The Morgan fingerprint density at radius 2 is 2.33 bits per heavy atom. The number of hydrogen-bond acceptors (Lipinski definition) is 3. The number of ether oxygens (including phenoxy) is 1. The summed E-state index contributed by atoms with van der Waals surface area (Å²) in [4.78, 5) is 14.9. The van der Waals surface area contributed by atoms with Crippen LogP contribution in [-0.2, 0) is 11.2 Å². The van der Waals surface area contributed by atoms with Crippen molar-refractivity contribution in [2.24, 2.45) is 0 Å². The lowest BCUT2D eigenvalue weighted by atomic mass is 10.2.